The SMILES string of the molecule is C(#CC1O[C@H]1c1ccccc1)C1CC1. The van der Waals surface area contributed by atoms with E-state index in [9.17, 15) is 0 Å². The zero-order chi connectivity index (χ0) is 9.38. The molecule has 70 valence electrons. The molecule has 1 nitrogen and oxygen atoms in total. The number of rotatable bonds is 1. The van der Waals surface area contributed by atoms with Crippen LogP contribution in [0.5, 0.6) is 0 Å². The molecule has 0 N–H and O–H groups in total. The van der Waals surface area contributed by atoms with E-state index in [1.54, 1.807) is 0 Å². The molecule has 14 heavy (non-hydrogen) atoms. The van der Waals surface area contributed by atoms with Crippen molar-refractivity contribution in [1.82, 2.24) is 0 Å². The van der Waals surface area contributed by atoms with Crippen LogP contribution in [0.15, 0.2) is 30.3 Å². The van der Waals surface area contributed by atoms with Gasteiger partial charge in [-0.3, -0.25) is 0 Å². The van der Waals surface area contributed by atoms with Crippen LogP contribution in [0.4, 0.5) is 0 Å². The van der Waals surface area contributed by atoms with Gasteiger partial charge in [-0.15, -0.1) is 0 Å². The summed E-state index contributed by atoms with van der Waals surface area (Å²) in [4.78, 5) is 0. The first-order valence-electron chi connectivity index (χ1n) is 5.15. The molecule has 3 rings (SSSR count). The molecule has 0 spiro atoms. The first-order valence-corrected chi connectivity index (χ1v) is 5.15. The molecular formula is C13H12O. The van der Waals surface area contributed by atoms with E-state index in [0.717, 1.165) is 0 Å². The Hall–Kier alpha value is -1.26. The second kappa shape index (κ2) is 3.15. The molecular weight excluding hydrogens is 172 g/mol. The summed E-state index contributed by atoms with van der Waals surface area (Å²) in [6, 6.07) is 10.3. The van der Waals surface area contributed by atoms with E-state index < -0.39 is 0 Å². The molecule has 2 aliphatic rings. The zero-order valence-electron chi connectivity index (χ0n) is 7.94. The van der Waals surface area contributed by atoms with Crippen molar-refractivity contribution in [2.75, 3.05) is 0 Å². The van der Waals surface area contributed by atoms with Crippen molar-refractivity contribution in [3.63, 3.8) is 0 Å². The minimum absolute atomic E-state index is 0.165. The summed E-state index contributed by atoms with van der Waals surface area (Å²) >= 11 is 0. The highest BCUT2D eigenvalue weighted by atomic mass is 16.6. The van der Waals surface area contributed by atoms with E-state index >= 15 is 0 Å². The maximum atomic E-state index is 5.51. The van der Waals surface area contributed by atoms with Crippen LogP contribution in [0.3, 0.4) is 0 Å². The Balaban J connectivity index is 1.66. The van der Waals surface area contributed by atoms with Crippen molar-refractivity contribution < 1.29 is 4.74 Å². The highest BCUT2D eigenvalue weighted by molar-refractivity contribution is 5.28. The molecule has 1 aromatic rings. The lowest BCUT2D eigenvalue weighted by Crippen LogP contribution is -1.84. The van der Waals surface area contributed by atoms with Crippen LogP contribution in [0.25, 0.3) is 0 Å². The monoisotopic (exact) mass is 184 g/mol. The fourth-order valence-corrected chi connectivity index (χ4v) is 1.55. The van der Waals surface area contributed by atoms with E-state index in [-0.39, 0.29) is 12.2 Å². The standard InChI is InChI=1S/C13H12O/c1-2-4-11(5-3-1)13-12(14-13)9-8-10-6-7-10/h1-5,10,12-13H,6-7H2/t12?,13-/m0/s1. The van der Waals surface area contributed by atoms with Crippen molar-refractivity contribution >= 4 is 0 Å². The third-order valence-electron chi connectivity index (χ3n) is 2.63. The van der Waals surface area contributed by atoms with Gasteiger partial charge in [0, 0.05) is 5.92 Å². The first-order chi connectivity index (χ1) is 6.93. The van der Waals surface area contributed by atoms with Crippen molar-refractivity contribution in [2.45, 2.75) is 25.0 Å². The Kier molecular flexibility index (Phi) is 1.82. The molecule has 1 heteroatoms. The van der Waals surface area contributed by atoms with Gasteiger partial charge in [0.15, 0.2) is 0 Å². The molecule has 0 aromatic heterocycles. The molecule has 0 amide bonds. The van der Waals surface area contributed by atoms with E-state index in [4.69, 9.17) is 4.74 Å². The number of epoxide rings is 1. The number of hydrogen-bond donors (Lipinski definition) is 0. The minimum Gasteiger partial charge on any atom is -0.351 e. The van der Waals surface area contributed by atoms with Crippen molar-refractivity contribution in [2.24, 2.45) is 5.92 Å². The maximum Gasteiger partial charge on any atom is 0.149 e. The van der Waals surface area contributed by atoms with E-state index in [2.05, 4.69) is 24.0 Å². The number of benzene rings is 1. The van der Waals surface area contributed by atoms with Crippen molar-refractivity contribution in [1.29, 1.82) is 0 Å². The van der Waals surface area contributed by atoms with Crippen LogP contribution in [0, 0.1) is 17.8 Å². The molecule has 1 aromatic carbocycles. The Labute approximate surface area is 84.1 Å². The van der Waals surface area contributed by atoms with Crippen LogP contribution >= 0.6 is 0 Å². The van der Waals surface area contributed by atoms with E-state index in [1.807, 2.05) is 18.2 Å². The second-order valence-electron chi connectivity index (χ2n) is 3.95. The lowest BCUT2D eigenvalue weighted by molar-refractivity contribution is 0.397. The van der Waals surface area contributed by atoms with Crippen LogP contribution in [-0.4, -0.2) is 6.10 Å². The van der Waals surface area contributed by atoms with Crippen molar-refractivity contribution in [3.05, 3.63) is 35.9 Å². The molecule has 1 heterocycles. The average molecular weight is 184 g/mol. The van der Waals surface area contributed by atoms with Gasteiger partial charge in [0.25, 0.3) is 0 Å². The predicted octanol–water partition coefficient (Wildman–Crippen LogP) is 2.54. The summed E-state index contributed by atoms with van der Waals surface area (Å²) < 4.78 is 5.51. The molecule has 1 aliphatic carbocycles. The molecule has 1 saturated carbocycles. The third-order valence-corrected chi connectivity index (χ3v) is 2.63. The van der Waals surface area contributed by atoms with Gasteiger partial charge in [-0.1, -0.05) is 42.2 Å². The van der Waals surface area contributed by atoms with Gasteiger partial charge in [-0.25, -0.2) is 0 Å². The van der Waals surface area contributed by atoms with E-state index in [0.29, 0.717) is 5.92 Å². The smallest absolute Gasteiger partial charge is 0.149 e. The predicted molar refractivity (Wildman–Crippen MR) is 54.6 cm³/mol. The minimum atomic E-state index is 0.165. The average Bonchev–Trinajstić information content (AvgIpc) is 3.12. The summed E-state index contributed by atoms with van der Waals surface area (Å²) in [7, 11) is 0. The van der Waals surface area contributed by atoms with Gasteiger partial charge in [0.2, 0.25) is 0 Å². The summed E-state index contributed by atoms with van der Waals surface area (Å²) in [5, 5.41) is 0. The summed E-state index contributed by atoms with van der Waals surface area (Å²) in [6.45, 7) is 0. The van der Waals surface area contributed by atoms with Gasteiger partial charge in [-0.2, -0.15) is 0 Å². The molecule has 0 bridgehead atoms. The fraction of sp³-hybridized carbons (Fsp3) is 0.385. The molecule has 1 aliphatic heterocycles. The second-order valence-corrected chi connectivity index (χ2v) is 3.95. The lowest BCUT2D eigenvalue weighted by Gasteiger charge is -1.90. The first kappa shape index (κ1) is 8.08. The summed E-state index contributed by atoms with van der Waals surface area (Å²) in [6.07, 6.45) is 2.98. The van der Waals surface area contributed by atoms with Crippen LogP contribution in [0.2, 0.25) is 0 Å². The molecule has 2 atom stereocenters. The van der Waals surface area contributed by atoms with Gasteiger partial charge < -0.3 is 4.74 Å². The molecule has 1 unspecified atom stereocenters. The van der Waals surface area contributed by atoms with Gasteiger partial charge in [0.1, 0.15) is 12.2 Å². The van der Waals surface area contributed by atoms with E-state index in [1.165, 1.54) is 18.4 Å². The van der Waals surface area contributed by atoms with Crippen molar-refractivity contribution in [3.8, 4) is 11.8 Å². The van der Waals surface area contributed by atoms with Gasteiger partial charge in [-0.05, 0) is 18.4 Å². The number of hydrogen-bond acceptors (Lipinski definition) is 1. The van der Waals surface area contributed by atoms with Crippen LogP contribution in [0.1, 0.15) is 24.5 Å². The normalized spacial score (nSPS) is 29.1. The Morgan fingerprint density at radius 2 is 1.86 bits per heavy atom. The highest BCUT2D eigenvalue weighted by Gasteiger charge is 2.38. The van der Waals surface area contributed by atoms with Crippen LogP contribution < -0.4 is 0 Å². The Morgan fingerprint density at radius 1 is 1.07 bits per heavy atom. The third kappa shape index (κ3) is 1.66. The highest BCUT2D eigenvalue weighted by Crippen LogP contribution is 2.38. The van der Waals surface area contributed by atoms with Gasteiger partial charge >= 0.3 is 0 Å². The summed E-state index contributed by atoms with van der Waals surface area (Å²) in [5.41, 5.74) is 1.25. The topological polar surface area (TPSA) is 12.5 Å². The molecule has 0 radical (unpaired) electrons. The lowest BCUT2D eigenvalue weighted by atomic mass is 10.1. The summed E-state index contributed by atoms with van der Waals surface area (Å²) in [5.74, 6) is 7.11. The zero-order valence-corrected chi connectivity index (χ0v) is 7.94. The largest absolute Gasteiger partial charge is 0.351 e. The Bertz CT molecular complexity index is 381. The maximum absolute atomic E-state index is 5.51. The van der Waals surface area contributed by atoms with Gasteiger partial charge in [0.05, 0.1) is 0 Å². The molecule has 2 fully saturated rings. The Morgan fingerprint density at radius 3 is 2.57 bits per heavy atom. The molecule has 1 saturated heterocycles. The van der Waals surface area contributed by atoms with Crippen LogP contribution in [-0.2, 0) is 4.74 Å². The number of ether oxygens (including phenoxy) is 1. The fourth-order valence-electron chi connectivity index (χ4n) is 1.55. The quantitative estimate of drug-likeness (QED) is 0.482.